The van der Waals surface area contributed by atoms with Crippen molar-refractivity contribution < 1.29 is 9.18 Å². The van der Waals surface area contributed by atoms with Crippen molar-refractivity contribution in [2.45, 2.75) is 45.6 Å². The highest BCUT2D eigenvalue weighted by Crippen LogP contribution is 2.29. The molecule has 124 valence electrons. The molecule has 2 N–H and O–H groups in total. The van der Waals surface area contributed by atoms with Crippen molar-refractivity contribution in [1.29, 1.82) is 0 Å². The Kier molecular flexibility index (Phi) is 6.38. The van der Waals surface area contributed by atoms with Gasteiger partial charge in [-0.15, -0.1) is 12.4 Å². The lowest BCUT2D eigenvalue weighted by molar-refractivity contribution is -0.135. The van der Waals surface area contributed by atoms with Crippen LogP contribution in [0.4, 0.5) is 4.39 Å². The van der Waals surface area contributed by atoms with E-state index in [2.05, 4.69) is 13.8 Å². The van der Waals surface area contributed by atoms with E-state index in [1.165, 1.54) is 12.1 Å². The van der Waals surface area contributed by atoms with Crippen LogP contribution in [0.15, 0.2) is 24.3 Å². The largest absolute Gasteiger partial charge is 0.342 e. The average Bonchev–Trinajstić information content (AvgIpc) is 2.42. The zero-order valence-corrected chi connectivity index (χ0v) is 14.3. The molecule has 22 heavy (non-hydrogen) atoms. The Hall–Kier alpha value is -1.13. The fourth-order valence-electron chi connectivity index (χ4n) is 2.89. The summed E-state index contributed by atoms with van der Waals surface area (Å²) in [6.07, 6.45) is 1.31. The number of nitrogens with zero attached hydrogens (tertiary/aromatic N) is 1. The summed E-state index contributed by atoms with van der Waals surface area (Å²) in [5.41, 5.74) is 7.07. The van der Waals surface area contributed by atoms with Gasteiger partial charge in [0, 0.05) is 25.6 Å². The Labute approximate surface area is 138 Å². The molecule has 1 heterocycles. The Morgan fingerprint density at radius 3 is 2.55 bits per heavy atom. The van der Waals surface area contributed by atoms with Gasteiger partial charge in [0.2, 0.25) is 5.91 Å². The molecular weight excluding hydrogens is 303 g/mol. The first-order chi connectivity index (χ1) is 9.79. The minimum atomic E-state index is -0.246. The monoisotopic (exact) mass is 328 g/mol. The lowest BCUT2D eigenvalue weighted by Crippen LogP contribution is -2.54. The van der Waals surface area contributed by atoms with Gasteiger partial charge in [-0.2, -0.15) is 0 Å². The molecule has 1 fully saturated rings. The number of carbonyl (C=O) groups is 1. The molecule has 0 saturated carbocycles. The number of piperidine rings is 1. The van der Waals surface area contributed by atoms with E-state index in [0.717, 1.165) is 18.5 Å². The third-order valence-electron chi connectivity index (χ3n) is 4.58. The van der Waals surface area contributed by atoms with Crippen molar-refractivity contribution in [3.05, 3.63) is 35.6 Å². The van der Waals surface area contributed by atoms with Crippen LogP contribution in [-0.4, -0.2) is 29.9 Å². The predicted molar refractivity (Wildman–Crippen MR) is 89.6 cm³/mol. The molecule has 0 spiro atoms. The first-order valence-electron chi connectivity index (χ1n) is 7.58. The summed E-state index contributed by atoms with van der Waals surface area (Å²) < 4.78 is 12.9. The van der Waals surface area contributed by atoms with E-state index >= 15 is 0 Å². The maximum absolute atomic E-state index is 12.9. The lowest BCUT2D eigenvalue weighted by Gasteiger charge is -2.42. The molecule has 1 aromatic carbocycles. The molecule has 1 aromatic rings. The van der Waals surface area contributed by atoms with Gasteiger partial charge in [0.15, 0.2) is 0 Å². The van der Waals surface area contributed by atoms with Crippen LogP contribution >= 0.6 is 12.4 Å². The number of benzene rings is 1. The molecule has 1 aliphatic heterocycles. The second-order valence-corrected chi connectivity index (χ2v) is 6.86. The second kappa shape index (κ2) is 7.42. The topological polar surface area (TPSA) is 46.3 Å². The van der Waals surface area contributed by atoms with Crippen LogP contribution in [-0.2, 0) is 4.79 Å². The summed E-state index contributed by atoms with van der Waals surface area (Å²) in [6.45, 7) is 7.68. The number of carbonyl (C=O) groups excluding carboxylic acids is 1. The van der Waals surface area contributed by atoms with E-state index in [0.29, 0.717) is 13.0 Å². The molecule has 1 saturated heterocycles. The summed E-state index contributed by atoms with van der Waals surface area (Å²) >= 11 is 0. The van der Waals surface area contributed by atoms with Gasteiger partial charge in [-0.1, -0.05) is 32.9 Å². The van der Waals surface area contributed by atoms with Crippen molar-refractivity contribution in [2.75, 3.05) is 13.1 Å². The van der Waals surface area contributed by atoms with Crippen molar-refractivity contribution in [2.24, 2.45) is 11.1 Å². The molecule has 3 nitrogen and oxygen atoms in total. The Morgan fingerprint density at radius 2 is 2.00 bits per heavy atom. The molecule has 2 rings (SSSR count). The molecule has 0 bridgehead atoms. The molecule has 0 radical (unpaired) electrons. The van der Waals surface area contributed by atoms with E-state index in [9.17, 15) is 9.18 Å². The number of halogens is 2. The van der Waals surface area contributed by atoms with Gasteiger partial charge < -0.3 is 10.6 Å². The fraction of sp³-hybridized carbons (Fsp3) is 0.588. The van der Waals surface area contributed by atoms with Crippen molar-refractivity contribution >= 4 is 18.3 Å². The number of amides is 1. The highest BCUT2D eigenvalue weighted by atomic mass is 35.5. The highest BCUT2D eigenvalue weighted by molar-refractivity contribution is 5.85. The number of hydrogen-bond acceptors (Lipinski definition) is 2. The second-order valence-electron chi connectivity index (χ2n) is 6.86. The van der Waals surface area contributed by atoms with Crippen molar-refractivity contribution in [3.63, 3.8) is 0 Å². The van der Waals surface area contributed by atoms with E-state index in [1.807, 2.05) is 11.8 Å². The summed E-state index contributed by atoms with van der Waals surface area (Å²) in [7, 11) is 0. The van der Waals surface area contributed by atoms with Gasteiger partial charge in [0.25, 0.3) is 0 Å². The van der Waals surface area contributed by atoms with Gasteiger partial charge in [-0.3, -0.25) is 4.79 Å². The lowest BCUT2D eigenvalue weighted by atomic mass is 9.79. The summed E-state index contributed by atoms with van der Waals surface area (Å²) in [6, 6.07) is 6.54. The number of nitrogens with two attached hydrogens (primary N) is 1. The van der Waals surface area contributed by atoms with Crippen LogP contribution in [0, 0.1) is 11.2 Å². The molecule has 0 aromatic heterocycles. The van der Waals surface area contributed by atoms with Crippen LogP contribution in [0.25, 0.3) is 0 Å². The Bertz CT molecular complexity index is 504. The maximum Gasteiger partial charge on any atom is 0.223 e. The van der Waals surface area contributed by atoms with Gasteiger partial charge in [0.05, 0.1) is 0 Å². The van der Waals surface area contributed by atoms with Gasteiger partial charge in [-0.05, 0) is 35.4 Å². The molecule has 2 unspecified atom stereocenters. The van der Waals surface area contributed by atoms with Crippen LogP contribution in [0.5, 0.6) is 0 Å². The van der Waals surface area contributed by atoms with Crippen LogP contribution in [0.2, 0.25) is 0 Å². The third-order valence-corrected chi connectivity index (χ3v) is 4.58. The first kappa shape index (κ1) is 18.9. The van der Waals surface area contributed by atoms with Gasteiger partial charge in [-0.25, -0.2) is 4.39 Å². The zero-order chi connectivity index (χ0) is 15.6. The fourth-order valence-corrected chi connectivity index (χ4v) is 2.89. The third kappa shape index (κ3) is 4.43. The molecule has 0 aliphatic carbocycles. The molecule has 1 aliphatic rings. The van der Waals surface area contributed by atoms with Crippen molar-refractivity contribution in [1.82, 2.24) is 4.90 Å². The molecule has 2 atom stereocenters. The number of hydrogen-bond donors (Lipinski definition) is 1. The number of rotatable bonds is 3. The van der Waals surface area contributed by atoms with E-state index in [1.54, 1.807) is 12.1 Å². The Morgan fingerprint density at radius 1 is 1.41 bits per heavy atom. The summed E-state index contributed by atoms with van der Waals surface area (Å²) in [5, 5.41) is 0. The maximum atomic E-state index is 12.9. The van der Waals surface area contributed by atoms with Crippen LogP contribution < -0.4 is 5.73 Å². The SMILES string of the molecule is CC(CC(=O)N1CCC(N)C(C)(C)C1)c1ccc(F)cc1.Cl. The van der Waals surface area contributed by atoms with Crippen LogP contribution in [0.1, 0.15) is 45.1 Å². The highest BCUT2D eigenvalue weighted by Gasteiger charge is 2.35. The van der Waals surface area contributed by atoms with Crippen LogP contribution in [0.3, 0.4) is 0 Å². The summed E-state index contributed by atoms with van der Waals surface area (Å²) in [5.74, 6) is 0.00709. The molecule has 5 heteroatoms. The zero-order valence-electron chi connectivity index (χ0n) is 13.5. The average molecular weight is 329 g/mol. The predicted octanol–water partition coefficient (Wildman–Crippen LogP) is 3.33. The first-order valence-corrected chi connectivity index (χ1v) is 7.58. The summed E-state index contributed by atoms with van der Waals surface area (Å²) in [4.78, 5) is 14.4. The smallest absolute Gasteiger partial charge is 0.223 e. The Balaban J connectivity index is 0.00000242. The van der Waals surface area contributed by atoms with E-state index in [4.69, 9.17) is 5.73 Å². The van der Waals surface area contributed by atoms with Gasteiger partial charge >= 0.3 is 0 Å². The standard InChI is InChI=1S/C17H25FN2O.ClH/c1-12(13-4-6-14(18)7-5-13)10-16(21)20-9-8-15(19)17(2,3)11-20;/h4-7,12,15H,8-11,19H2,1-3H3;1H. The number of likely N-dealkylation sites (tertiary alicyclic amines) is 1. The minimum absolute atomic E-state index is 0. The van der Waals surface area contributed by atoms with E-state index < -0.39 is 0 Å². The quantitative estimate of drug-likeness (QED) is 0.925. The van der Waals surface area contributed by atoms with E-state index in [-0.39, 0.29) is 41.5 Å². The minimum Gasteiger partial charge on any atom is -0.342 e. The molecule has 1 amide bonds. The normalized spacial score (nSPS) is 21.9. The molecular formula is C17H26ClFN2O. The van der Waals surface area contributed by atoms with Crippen molar-refractivity contribution in [3.8, 4) is 0 Å². The van der Waals surface area contributed by atoms with Gasteiger partial charge in [0.1, 0.15) is 5.82 Å².